The molecule has 0 saturated heterocycles. The number of pyridine rings is 1. The van der Waals surface area contributed by atoms with E-state index in [4.69, 9.17) is 5.73 Å². The first-order chi connectivity index (χ1) is 11.8. The van der Waals surface area contributed by atoms with E-state index in [-0.39, 0.29) is 5.69 Å². The molecule has 0 unspecified atom stereocenters. The molecule has 0 spiro atoms. The van der Waals surface area contributed by atoms with Crippen LogP contribution in [0.4, 0.5) is 24.7 Å². The van der Waals surface area contributed by atoms with Crippen molar-refractivity contribution in [2.24, 2.45) is 12.0 Å². The fraction of sp³-hybridized carbons (Fsp3) is 0.438. The van der Waals surface area contributed by atoms with Crippen LogP contribution in [-0.4, -0.2) is 26.5 Å². The van der Waals surface area contributed by atoms with Gasteiger partial charge in [0.05, 0.1) is 0 Å². The van der Waals surface area contributed by atoms with Crippen LogP contribution in [0.3, 0.4) is 0 Å². The minimum absolute atomic E-state index is 0.0193. The second-order valence-corrected chi connectivity index (χ2v) is 7.07. The van der Waals surface area contributed by atoms with E-state index < -0.39 is 11.9 Å². The van der Waals surface area contributed by atoms with Crippen LogP contribution in [0, 0.1) is 0 Å². The summed E-state index contributed by atoms with van der Waals surface area (Å²) in [5, 5.41) is 0.944. The number of nitrogen functional groups attached to an aromatic ring is 1. The SMILES string of the molecule is CCSc1c(N=Cc2cnc(C(F)(F)F)cc2N)nc(C2CC2)n1C. The van der Waals surface area contributed by atoms with Gasteiger partial charge < -0.3 is 10.3 Å². The Bertz CT molecular complexity index is 809. The molecule has 5 nitrogen and oxygen atoms in total. The van der Waals surface area contributed by atoms with Crippen LogP contribution in [0.15, 0.2) is 22.3 Å². The molecule has 3 rings (SSSR count). The summed E-state index contributed by atoms with van der Waals surface area (Å²) < 4.78 is 40.0. The molecule has 2 aromatic rings. The normalized spacial score (nSPS) is 15.2. The molecule has 0 amide bonds. The standard InChI is InChI=1S/C16H18F3N5S/c1-3-25-15-13(23-14(24(15)2)9-4-5-9)22-8-10-7-21-12(6-11(10)20)16(17,18)19/h6-9H,3-5H2,1-2H3,(H2,20,21). The van der Waals surface area contributed by atoms with Gasteiger partial charge in [0.15, 0.2) is 5.82 Å². The summed E-state index contributed by atoms with van der Waals surface area (Å²) in [7, 11) is 1.96. The highest BCUT2D eigenvalue weighted by atomic mass is 32.2. The average Bonchev–Trinajstić information content (AvgIpc) is 3.33. The van der Waals surface area contributed by atoms with Crippen LogP contribution in [0.25, 0.3) is 0 Å². The van der Waals surface area contributed by atoms with E-state index in [0.717, 1.165) is 41.7 Å². The highest BCUT2D eigenvalue weighted by molar-refractivity contribution is 7.99. The number of rotatable bonds is 5. The minimum atomic E-state index is -4.52. The van der Waals surface area contributed by atoms with Gasteiger partial charge in [0.25, 0.3) is 0 Å². The lowest BCUT2D eigenvalue weighted by molar-refractivity contribution is -0.141. The van der Waals surface area contributed by atoms with Crippen molar-refractivity contribution in [3.8, 4) is 0 Å². The molecule has 1 fully saturated rings. The zero-order valence-corrected chi connectivity index (χ0v) is 14.7. The Kier molecular flexibility index (Phi) is 4.77. The number of thioether (sulfide) groups is 1. The molecule has 1 aliphatic rings. The number of hydrogen-bond acceptors (Lipinski definition) is 5. The van der Waals surface area contributed by atoms with E-state index >= 15 is 0 Å². The van der Waals surface area contributed by atoms with Gasteiger partial charge in [-0.05, 0) is 24.7 Å². The number of halogens is 3. The van der Waals surface area contributed by atoms with Gasteiger partial charge in [-0.25, -0.2) is 9.98 Å². The van der Waals surface area contributed by atoms with Gasteiger partial charge in [0, 0.05) is 36.6 Å². The Morgan fingerprint density at radius 1 is 1.44 bits per heavy atom. The summed E-state index contributed by atoms with van der Waals surface area (Å²) in [6, 6.07) is 0.817. The van der Waals surface area contributed by atoms with Crippen LogP contribution in [0.1, 0.15) is 42.8 Å². The Morgan fingerprint density at radius 3 is 2.72 bits per heavy atom. The number of nitrogens with two attached hydrogens (primary N) is 1. The Labute approximate surface area is 147 Å². The first-order valence-corrected chi connectivity index (χ1v) is 8.86. The Morgan fingerprint density at radius 2 is 2.16 bits per heavy atom. The molecule has 0 atom stereocenters. The summed E-state index contributed by atoms with van der Waals surface area (Å²) in [6.07, 6.45) is 0.231. The topological polar surface area (TPSA) is 69.1 Å². The molecule has 0 radical (unpaired) electrons. The van der Waals surface area contributed by atoms with Crippen LogP contribution in [0.5, 0.6) is 0 Å². The number of nitrogens with zero attached hydrogens (tertiary/aromatic N) is 4. The maximum atomic E-state index is 12.6. The second-order valence-electron chi connectivity index (χ2n) is 5.82. The fourth-order valence-corrected chi connectivity index (χ4v) is 3.24. The maximum Gasteiger partial charge on any atom is 0.433 e. The van der Waals surface area contributed by atoms with E-state index in [1.165, 1.54) is 6.21 Å². The van der Waals surface area contributed by atoms with Crippen LogP contribution in [-0.2, 0) is 13.2 Å². The molecule has 0 aliphatic heterocycles. The Hall–Kier alpha value is -2.03. The molecule has 2 aromatic heterocycles. The summed E-state index contributed by atoms with van der Waals surface area (Å²) in [5.41, 5.74) is 5.01. The molecule has 134 valence electrons. The van der Waals surface area contributed by atoms with Crippen molar-refractivity contribution in [1.82, 2.24) is 14.5 Å². The van der Waals surface area contributed by atoms with Crippen molar-refractivity contribution in [3.05, 3.63) is 29.3 Å². The molecule has 2 heterocycles. The van der Waals surface area contributed by atoms with Crippen LogP contribution < -0.4 is 5.73 Å². The minimum Gasteiger partial charge on any atom is -0.398 e. The number of hydrogen-bond donors (Lipinski definition) is 1. The van der Waals surface area contributed by atoms with Crippen LogP contribution >= 0.6 is 11.8 Å². The quantitative estimate of drug-likeness (QED) is 0.635. The lowest BCUT2D eigenvalue weighted by atomic mass is 10.2. The number of imidazole rings is 1. The molecule has 1 aliphatic carbocycles. The molecule has 1 saturated carbocycles. The molecule has 0 bridgehead atoms. The third-order valence-electron chi connectivity index (χ3n) is 3.87. The molecule has 2 N–H and O–H groups in total. The number of aliphatic imine (C=N–C) groups is 1. The monoisotopic (exact) mass is 369 g/mol. The number of alkyl halides is 3. The van der Waals surface area contributed by atoms with Crippen LogP contribution in [0.2, 0.25) is 0 Å². The van der Waals surface area contributed by atoms with E-state index in [2.05, 4.69) is 15.0 Å². The van der Waals surface area contributed by atoms with E-state index in [1.54, 1.807) is 11.8 Å². The molecular weight excluding hydrogens is 351 g/mol. The smallest absolute Gasteiger partial charge is 0.398 e. The van der Waals surface area contributed by atoms with Gasteiger partial charge in [0.1, 0.15) is 16.5 Å². The highest BCUT2D eigenvalue weighted by Gasteiger charge is 2.33. The van der Waals surface area contributed by atoms with Crippen molar-refractivity contribution < 1.29 is 13.2 Å². The van der Waals surface area contributed by atoms with Gasteiger partial charge in [-0.2, -0.15) is 13.2 Å². The van der Waals surface area contributed by atoms with Gasteiger partial charge in [-0.1, -0.05) is 6.92 Å². The summed E-state index contributed by atoms with van der Waals surface area (Å²) in [4.78, 5) is 12.4. The number of aromatic nitrogens is 3. The predicted molar refractivity (Wildman–Crippen MR) is 92.5 cm³/mol. The van der Waals surface area contributed by atoms with Crippen molar-refractivity contribution in [2.75, 3.05) is 11.5 Å². The molecule has 9 heteroatoms. The van der Waals surface area contributed by atoms with E-state index in [0.29, 0.717) is 17.3 Å². The largest absolute Gasteiger partial charge is 0.433 e. The summed E-state index contributed by atoms with van der Waals surface area (Å²) in [6.45, 7) is 2.04. The second kappa shape index (κ2) is 6.70. The zero-order chi connectivity index (χ0) is 18.2. The fourth-order valence-electron chi connectivity index (χ4n) is 2.45. The Balaban J connectivity index is 1.90. The predicted octanol–water partition coefficient (Wildman–Crippen LogP) is 4.16. The van der Waals surface area contributed by atoms with Crippen molar-refractivity contribution >= 4 is 29.5 Å². The first-order valence-electron chi connectivity index (χ1n) is 7.87. The third kappa shape index (κ3) is 3.81. The number of anilines is 1. The van der Waals surface area contributed by atoms with Crippen molar-refractivity contribution in [2.45, 2.75) is 36.9 Å². The van der Waals surface area contributed by atoms with E-state index in [1.807, 2.05) is 18.5 Å². The third-order valence-corrected chi connectivity index (χ3v) is 4.89. The molecule has 0 aromatic carbocycles. The molecule has 25 heavy (non-hydrogen) atoms. The summed E-state index contributed by atoms with van der Waals surface area (Å²) >= 11 is 1.63. The van der Waals surface area contributed by atoms with Gasteiger partial charge in [0.2, 0.25) is 0 Å². The summed E-state index contributed by atoms with van der Waals surface area (Å²) in [5.74, 6) is 2.91. The molecular formula is C16H18F3N5S. The maximum absolute atomic E-state index is 12.6. The first kappa shape index (κ1) is 17.8. The van der Waals surface area contributed by atoms with Gasteiger partial charge in [-0.15, -0.1) is 11.8 Å². The highest BCUT2D eigenvalue weighted by Crippen LogP contribution is 2.42. The van der Waals surface area contributed by atoms with Gasteiger partial charge >= 0.3 is 6.18 Å². The van der Waals surface area contributed by atoms with Crippen molar-refractivity contribution in [1.29, 1.82) is 0 Å². The lowest BCUT2D eigenvalue weighted by Gasteiger charge is -2.07. The van der Waals surface area contributed by atoms with Crippen molar-refractivity contribution in [3.63, 3.8) is 0 Å². The van der Waals surface area contributed by atoms with Gasteiger partial charge in [-0.3, -0.25) is 4.98 Å². The average molecular weight is 369 g/mol. The lowest BCUT2D eigenvalue weighted by Crippen LogP contribution is -2.09. The zero-order valence-electron chi connectivity index (χ0n) is 13.8. The van der Waals surface area contributed by atoms with E-state index in [9.17, 15) is 13.2 Å².